The minimum atomic E-state index is -0.815. The Labute approximate surface area is 144 Å². The molecule has 0 fully saturated rings. The molecule has 1 N–H and O–H groups in total. The summed E-state index contributed by atoms with van der Waals surface area (Å²) >= 11 is 6.00. The highest BCUT2D eigenvalue weighted by Gasteiger charge is 2.28. The third-order valence-corrected chi connectivity index (χ3v) is 4.05. The number of hydrogen-bond donors (Lipinski definition) is 1. The van der Waals surface area contributed by atoms with E-state index in [9.17, 15) is 14.9 Å². The van der Waals surface area contributed by atoms with Gasteiger partial charge in [-0.05, 0) is 30.7 Å². The molecule has 0 aliphatic rings. The van der Waals surface area contributed by atoms with E-state index in [0.717, 1.165) is 5.56 Å². The molecule has 6 nitrogen and oxygen atoms in total. The van der Waals surface area contributed by atoms with Crippen molar-refractivity contribution in [1.82, 2.24) is 5.32 Å². The molecule has 0 bridgehead atoms. The fraction of sp³-hybridized carbons (Fsp3) is 0.235. The van der Waals surface area contributed by atoms with Crippen LogP contribution in [0, 0.1) is 10.1 Å². The van der Waals surface area contributed by atoms with Crippen LogP contribution in [-0.4, -0.2) is 24.5 Å². The molecule has 0 aromatic heterocycles. The predicted octanol–water partition coefficient (Wildman–Crippen LogP) is 3.54. The summed E-state index contributed by atoms with van der Waals surface area (Å²) in [6, 6.07) is 12.9. The van der Waals surface area contributed by atoms with Crippen molar-refractivity contribution >= 4 is 23.2 Å². The van der Waals surface area contributed by atoms with E-state index in [2.05, 4.69) is 5.32 Å². The number of nitro groups is 1. The van der Waals surface area contributed by atoms with Crippen LogP contribution in [0.2, 0.25) is 5.02 Å². The SMILES string of the molecule is COC(C)(CNC(=O)c1ccccc1[N+](=O)[O-])c1cccc(Cl)c1. The number of para-hydroxylation sites is 1. The summed E-state index contributed by atoms with van der Waals surface area (Å²) in [5, 5.41) is 14.3. The van der Waals surface area contributed by atoms with E-state index in [-0.39, 0.29) is 17.8 Å². The first kappa shape index (κ1) is 17.9. The van der Waals surface area contributed by atoms with Gasteiger partial charge in [-0.2, -0.15) is 0 Å². The van der Waals surface area contributed by atoms with Crippen molar-refractivity contribution in [3.05, 3.63) is 74.8 Å². The van der Waals surface area contributed by atoms with Crippen molar-refractivity contribution in [2.45, 2.75) is 12.5 Å². The molecule has 1 unspecified atom stereocenters. The maximum Gasteiger partial charge on any atom is 0.282 e. The number of benzene rings is 2. The van der Waals surface area contributed by atoms with Crippen LogP contribution in [0.15, 0.2) is 48.5 Å². The highest BCUT2D eigenvalue weighted by molar-refractivity contribution is 6.30. The van der Waals surface area contributed by atoms with Gasteiger partial charge in [0.05, 0.1) is 11.5 Å². The number of hydrogen-bond acceptors (Lipinski definition) is 4. The zero-order chi connectivity index (χ0) is 17.7. The average molecular weight is 349 g/mol. The Bertz CT molecular complexity index is 766. The monoisotopic (exact) mass is 348 g/mol. The Morgan fingerprint density at radius 3 is 2.62 bits per heavy atom. The lowest BCUT2D eigenvalue weighted by Gasteiger charge is -2.29. The lowest BCUT2D eigenvalue weighted by Crippen LogP contribution is -2.40. The van der Waals surface area contributed by atoms with E-state index < -0.39 is 16.4 Å². The zero-order valence-corrected chi connectivity index (χ0v) is 14.0. The lowest BCUT2D eigenvalue weighted by atomic mass is 9.95. The first-order valence-corrected chi connectivity index (χ1v) is 7.58. The topological polar surface area (TPSA) is 81.5 Å². The van der Waals surface area contributed by atoms with E-state index in [1.54, 1.807) is 31.2 Å². The zero-order valence-electron chi connectivity index (χ0n) is 13.3. The van der Waals surface area contributed by atoms with Gasteiger partial charge in [0.2, 0.25) is 0 Å². The van der Waals surface area contributed by atoms with Crippen molar-refractivity contribution in [1.29, 1.82) is 0 Å². The number of halogens is 1. The number of rotatable bonds is 6. The molecule has 0 spiro atoms. The maximum atomic E-state index is 12.3. The van der Waals surface area contributed by atoms with Crippen molar-refractivity contribution in [3.63, 3.8) is 0 Å². The van der Waals surface area contributed by atoms with Gasteiger partial charge in [-0.3, -0.25) is 14.9 Å². The molecule has 2 rings (SSSR count). The molecular weight excluding hydrogens is 332 g/mol. The second-order valence-corrected chi connectivity index (χ2v) is 5.84. The average Bonchev–Trinajstić information content (AvgIpc) is 2.59. The maximum absolute atomic E-state index is 12.3. The standard InChI is InChI=1S/C17H17ClN2O4/c1-17(24-2,12-6-5-7-13(18)10-12)11-19-16(21)14-8-3-4-9-15(14)20(22)23/h3-10H,11H2,1-2H3,(H,19,21). The minimum absolute atomic E-state index is 0.00653. The molecule has 0 saturated carbocycles. The van der Waals surface area contributed by atoms with Crippen LogP contribution in [-0.2, 0) is 10.3 Å². The highest BCUT2D eigenvalue weighted by atomic mass is 35.5. The van der Waals surface area contributed by atoms with E-state index in [0.29, 0.717) is 5.02 Å². The predicted molar refractivity (Wildman–Crippen MR) is 91.2 cm³/mol. The smallest absolute Gasteiger partial charge is 0.282 e. The largest absolute Gasteiger partial charge is 0.372 e. The van der Waals surface area contributed by atoms with E-state index in [1.165, 1.54) is 25.3 Å². The molecule has 7 heteroatoms. The summed E-state index contributed by atoms with van der Waals surface area (Å²) in [5.41, 5.74) is -0.256. The fourth-order valence-electron chi connectivity index (χ4n) is 2.28. The molecular formula is C17H17ClN2O4. The van der Waals surface area contributed by atoms with E-state index in [1.807, 2.05) is 6.07 Å². The first-order valence-electron chi connectivity index (χ1n) is 7.20. The van der Waals surface area contributed by atoms with Crippen LogP contribution in [0.3, 0.4) is 0 Å². The number of nitrogens with one attached hydrogen (secondary N) is 1. The van der Waals surface area contributed by atoms with Gasteiger partial charge in [-0.1, -0.05) is 35.9 Å². The Kier molecular flexibility index (Phi) is 5.54. The molecule has 24 heavy (non-hydrogen) atoms. The second-order valence-electron chi connectivity index (χ2n) is 5.40. The quantitative estimate of drug-likeness (QED) is 0.639. The molecule has 0 aliphatic carbocycles. The summed E-state index contributed by atoms with van der Waals surface area (Å²) in [6.45, 7) is 1.94. The number of nitrogens with zero attached hydrogens (tertiary/aromatic N) is 1. The Morgan fingerprint density at radius 1 is 1.29 bits per heavy atom. The van der Waals surface area contributed by atoms with Crippen LogP contribution in [0.1, 0.15) is 22.8 Å². The Balaban J connectivity index is 2.19. The van der Waals surface area contributed by atoms with Gasteiger partial charge >= 0.3 is 0 Å². The van der Waals surface area contributed by atoms with E-state index in [4.69, 9.17) is 16.3 Å². The third kappa shape index (κ3) is 3.90. The normalized spacial score (nSPS) is 13.1. The van der Waals surface area contributed by atoms with Crippen LogP contribution < -0.4 is 5.32 Å². The van der Waals surface area contributed by atoms with Crippen LogP contribution in [0.4, 0.5) is 5.69 Å². The molecule has 0 radical (unpaired) electrons. The number of carbonyl (C=O) groups is 1. The number of nitro benzene ring substituents is 1. The lowest BCUT2D eigenvalue weighted by molar-refractivity contribution is -0.385. The summed E-state index contributed by atoms with van der Waals surface area (Å²) in [6.07, 6.45) is 0. The molecule has 2 aromatic rings. The van der Waals surface area contributed by atoms with Gasteiger partial charge in [0.15, 0.2) is 0 Å². The minimum Gasteiger partial charge on any atom is -0.372 e. The van der Waals surface area contributed by atoms with Gasteiger partial charge in [-0.25, -0.2) is 0 Å². The van der Waals surface area contributed by atoms with Crippen LogP contribution in [0.25, 0.3) is 0 Å². The van der Waals surface area contributed by atoms with Gasteiger partial charge in [0.1, 0.15) is 11.2 Å². The van der Waals surface area contributed by atoms with Crippen molar-refractivity contribution < 1.29 is 14.5 Å². The fourth-order valence-corrected chi connectivity index (χ4v) is 2.47. The summed E-state index contributed by atoms with van der Waals surface area (Å²) in [5.74, 6) is -0.535. The third-order valence-electron chi connectivity index (χ3n) is 3.82. The van der Waals surface area contributed by atoms with Gasteiger partial charge in [0.25, 0.3) is 11.6 Å². The number of amides is 1. The molecule has 0 heterocycles. The first-order chi connectivity index (χ1) is 11.4. The summed E-state index contributed by atoms with van der Waals surface area (Å²) < 4.78 is 5.54. The number of ether oxygens (including phenoxy) is 1. The Morgan fingerprint density at radius 2 is 2.00 bits per heavy atom. The van der Waals surface area contributed by atoms with Crippen molar-refractivity contribution in [2.24, 2.45) is 0 Å². The van der Waals surface area contributed by atoms with Gasteiger partial charge < -0.3 is 10.1 Å². The van der Waals surface area contributed by atoms with Gasteiger partial charge in [-0.15, -0.1) is 0 Å². The summed E-state index contributed by atoms with van der Waals surface area (Å²) in [4.78, 5) is 22.8. The molecule has 2 aromatic carbocycles. The van der Waals surface area contributed by atoms with Crippen molar-refractivity contribution in [3.8, 4) is 0 Å². The molecule has 126 valence electrons. The Hall–Kier alpha value is -2.44. The second kappa shape index (κ2) is 7.42. The van der Waals surface area contributed by atoms with Crippen LogP contribution >= 0.6 is 11.6 Å². The summed E-state index contributed by atoms with van der Waals surface area (Å²) in [7, 11) is 1.53. The molecule has 1 amide bonds. The number of carbonyl (C=O) groups excluding carboxylic acids is 1. The van der Waals surface area contributed by atoms with Crippen LogP contribution in [0.5, 0.6) is 0 Å². The van der Waals surface area contributed by atoms with Crippen molar-refractivity contribution in [2.75, 3.05) is 13.7 Å². The van der Waals surface area contributed by atoms with Gasteiger partial charge in [0, 0.05) is 18.2 Å². The number of methoxy groups -OCH3 is 1. The molecule has 1 atom stereocenters. The molecule has 0 aliphatic heterocycles. The van der Waals surface area contributed by atoms with E-state index >= 15 is 0 Å². The highest BCUT2D eigenvalue weighted by Crippen LogP contribution is 2.26. The molecule has 0 saturated heterocycles.